The fourth-order valence-corrected chi connectivity index (χ4v) is 1.23. The molecule has 0 aliphatic carbocycles. The minimum Gasteiger partial charge on any atom is -0.478 e. The molecule has 5 heteroatoms. The van der Waals surface area contributed by atoms with E-state index in [1.54, 1.807) is 0 Å². The molecule has 0 spiro atoms. The number of rotatable bonds is 7. The van der Waals surface area contributed by atoms with Crippen molar-refractivity contribution in [1.82, 2.24) is 4.98 Å². The van der Waals surface area contributed by atoms with Gasteiger partial charge in [-0.1, -0.05) is 12.2 Å². The Labute approximate surface area is 100 Å². The second kappa shape index (κ2) is 6.65. The lowest BCUT2D eigenvalue weighted by molar-refractivity contribution is 0.0697. The highest BCUT2D eigenvalue weighted by atomic mass is 16.5. The van der Waals surface area contributed by atoms with Gasteiger partial charge in [0.25, 0.3) is 0 Å². The number of carboxylic acids is 1. The van der Waals surface area contributed by atoms with E-state index in [4.69, 9.17) is 9.84 Å². The van der Waals surface area contributed by atoms with Gasteiger partial charge >= 0.3 is 5.97 Å². The number of nitrogens with zero attached hydrogens (tertiary/aromatic N) is 1. The Morgan fingerprint density at radius 2 is 2.41 bits per heavy atom. The number of ether oxygens (including phenoxy) is 1. The summed E-state index contributed by atoms with van der Waals surface area (Å²) in [5.74, 6) is -0.974. The first-order valence-electron chi connectivity index (χ1n) is 5.24. The minimum absolute atomic E-state index is 0.208. The fraction of sp³-hybridized carbons (Fsp3) is 0.333. The number of hydrogen-bond donors (Lipinski definition) is 2. The predicted molar refractivity (Wildman–Crippen MR) is 65.3 cm³/mol. The van der Waals surface area contributed by atoms with Crippen LogP contribution in [0.15, 0.2) is 30.6 Å². The van der Waals surface area contributed by atoms with Crippen LogP contribution in [0, 0.1) is 0 Å². The van der Waals surface area contributed by atoms with Crippen molar-refractivity contribution < 1.29 is 14.6 Å². The van der Waals surface area contributed by atoms with Crippen LogP contribution in [0.5, 0.6) is 0 Å². The molecule has 5 nitrogen and oxygen atoms in total. The third kappa shape index (κ3) is 4.65. The summed E-state index contributed by atoms with van der Waals surface area (Å²) in [5.41, 5.74) is 1.66. The molecule has 92 valence electrons. The minimum atomic E-state index is -0.974. The number of carbonyl (C=O) groups is 1. The van der Waals surface area contributed by atoms with E-state index in [1.165, 1.54) is 18.5 Å². The smallest absolute Gasteiger partial charge is 0.337 e. The second-order valence-electron chi connectivity index (χ2n) is 3.66. The maximum atomic E-state index is 10.9. The lowest BCUT2D eigenvalue weighted by Gasteiger charge is -2.09. The summed E-state index contributed by atoms with van der Waals surface area (Å²) in [4.78, 5) is 14.8. The SMILES string of the molecule is C=C(C)COCCNc1cnccc1C(=O)O. The normalized spacial score (nSPS) is 9.94. The molecule has 1 rings (SSSR count). The van der Waals surface area contributed by atoms with Gasteiger partial charge in [0.1, 0.15) is 0 Å². The van der Waals surface area contributed by atoms with Gasteiger partial charge in [0.05, 0.1) is 30.7 Å². The molecule has 1 aromatic heterocycles. The monoisotopic (exact) mass is 236 g/mol. The van der Waals surface area contributed by atoms with E-state index in [0.717, 1.165) is 5.57 Å². The summed E-state index contributed by atoms with van der Waals surface area (Å²) in [6, 6.07) is 1.46. The van der Waals surface area contributed by atoms with Crippen LogP contribution in [0.3, 0.4) is 0 Å². The van der Waals surface area contributed by atoms with Gasteiger partial charge in [-0.15, -0.1) is 0 Å². The molecular formula is C12H16N2O3. The molecule has 0 aliphatic heterocycles. The zero-order chi connectivity index (χ0) is 12.7. The standard InChI is InChI=1S/C12H16N2O3/c1-9(2)8-17-6-5-14-11-7-13-4-3-10(11)12(15)16/h3-4,7,14H,1,5-6,8H2,2H3,(H,15,16). The highest BCUT2D eigenvalue weighted by molar-refractivity contribution is 5.93. The molecule has 2 N–H and O–H groups in total. The Morgan fingerprint density at radius 1 is 1.65 bits per heavy atom. The first-order valence-corrected chi connectivity index (χ1v) is 5.24. The summed E-state index contributed by atoms with van der Waals surface area (Å²) < 4.78 is 5.29. The summed E-state index contributed by atoms with van der Waals surface area (Å²) in [7, 11) is 0. The Hall–Kier alpha value is -1.88. The summed E-state index contributed by atoms with van der Waals surface area (Å²) in [5, 5.41) is 11.9. The van der Waals surface area contributed by atoms with Crippen LogP contribution in [0.4, 0.5) is 5.69 Å². The van der Waals surface area contributed by atoms with Crippen LogP contribution in [0.2, 0.25) is 0 Å². The van der Waals surface area contributed by atoms with E-state index in [-0.39, 0.29) is 5.56 Å². The fourth-order valence-electron chi connectivity index (χ4n) is 1.23. The van der Waals surface area contributed by atoms with E-state index in [0.29, 0.717) is 25.4 Å². The maximum absolute atomic E-state index is 10.9. The number of anilines is 1. The molecule has 0 saturated carbocycles. The van der Waals surface area contributed by atoms with Crippen molar-refractivity contribution in [1.29, 1.82) is 0 Å². The molecule has 1 heterocycles. The molecule has 0 atom stereocenters. The zero-order valence-corrected chi connectivity index (χ0v) is 9.77. The average Bonchev–Trinajstić information content (AvgIpc) is 2.28. The van der Waals surface area contributed by atoms with E-state index in [1.807, 2.05) is 6.92 Å². The Kier molecular flexibility index (Phi) is 5.16. The molecule has 0 saturated heterocycles. The third-order valence-electron chi connectivity index (χ3n) is 1.96. The van der Waals surface area contributed by atoms with Crippen molar-refractivity contribution in [2.45, 2.75) is 6.92 Å². The highest BCUT2D eigenvalue weighted by Crippen LogP contribution is 2.12. The van der Waals surface area contributed by atoms with E-state index in [2.05, 4.69) is 16.9 Å². The largest absolute Gasteiger partial charge is 0.478 e. The second-order valence-corrected chi connectivity index (χ2v) is 3.66. The molecule has 17 heavy (non-hydrogen) atoms. The molecule has 0 unspecified atom stereocenters. The first kappa shape index (κ1) is 13.2. The molecular weight excluding hydrogens is 220 g/mol. The van der Waals surface area contributed by atoms with Gasteiger partial charge in [-0.25, -0.2) is 4.79 Å². The van der Waals surface area contributed by atoms with Gasteiger partial charge in [0, 0.05) is 12.7 Å². The molecule has 0 aliphatic rings. The highest BCUT2D eigenvalue weighted by Gasteiger charge is 2.08. The lowest BCUT2D eigenvalue weighted by Crippen LogP contribution is -2.13. The summed E-state index contributed by atoms with van der Waals surface area (Å²) in [6.45, 7) is 7.13. The van der Waals surface area contributed by atoms with Crippen LogP contribution in [-0.2, 0) is 4.74 Å². The van der Waals surface area contributed by atoms with Crippen molar-refractivity contribution in [2.24, 2.45) is 0 Å². The number of nitrogens with one attached hydrogen (secondary N) is 1. The summed E-state index contributed by atoms with van der Waals surface area (Å²) >= 11 is 0. The third-order valence-corrected chi connectivity index (χ3v) is 1.96. The Balaban J connectivity index is 2.41. The molecule has 0 bridgehead atoms. The van der Waals surface area contributed by atoms with Crippen LogP contribution in [0.25, 0.3) is 0 Å². The van der Waals surface area contributed by atoms with Crippen molar-refractivity contribution >= 4 is 11.7 Å². The quantitative estimate of drug-likeness (QED) is 0.557. The van der Waals surface area contributed by atoms with Gasteiger partial charge in [0.2, 0.25) is 0 Å². The van der Waals surface area contributed by atoms with E-state index < -0.39 is 5.97 Å². The first-order chi connectivity index (χ1) is 8.11. The maximum Gasteiger partial charge on any atom is 0.337 e. The lowest BCUT2D eigenvalue weighted by atomic mass is 10.2. The van der Waals surface area contributed by atoms with Crippen LogP contribution >= 0.6 is 0 Å². The topological polar surface area (TPSA) is 71.5 Å². The summed E-state index contributed by atoms with van der Waals surface area (Å²) in [6.07, 6.45) is 2.94. The van der Waals surface area contributed by atoms with Gasteiger partial charge in [-0.2, -0.15) is 0 Å². The van der Waals surface area contributed by atoms with Crippen LogP contribution < -0.4 is 5.32 Å². The number of pyridine rings is 1. The number of carboxylic acid groups (broad SMARTS) is 1. The van der Waals surface area contributed by atoms with Gasteiger partial charge in [-0.3, -0.25) is 4.98 Å². The number of aromatic nitrogens is 1. The van der Waals surface area contributed by atoms with Crippen molar-refractivity contribution in [3.05, 3.63) is 36.2 Å². The number of aromatic carboxylic acids is 1. The zero-order valence-electron chi connectivity index (χ0n) is 9.77. The number of hydrogen-bond acceptors (Lipinski definition) is 4. The van der Waals surface area contributed by atoms with E-state index >= 15 is 0 Å². The van der Waals surface area contributed by atoms with Gasteiger partial charge in [-0.05, 0) is 13.0 Å². The predicted octanol–water partition coefficient (Wildman–Crippen LogP) is 1.78. The van der Waals surface area contributed by atoms with Crippen LogP contribution in [-0.4, -0.2) is 35.8 Å². The molecule has 0 amide bonds. The Bertz CT molecular complexity index is 404. The molecule has 0 fully saturated rings. The van der Waals surface area contributed by atoms with Crippen molar-refractivity contribution in [3.8, 4) is 0 Å². The molecule has 0 aromatic carbocycles. The van der Waals surface area contributed by atoms with Gasteiger partial charge < -0.3 is 15.2 Å². The van der Waals surface area contributed by atoms with Gasteiger partial charge in [0.15, 0.2) is 0 Å². The Morgan fingerprint density at radius 3 is 3.06 bits per heavy atom. The molecule has 0 radical (unpaired) electrons. The van der Waals surface area contributed by atoms with E-state index in [9.17, 15) is 4.79 Å². The van der Waals surface area contributed by atoms with Crippen LogP contribution in [0.1, 0.15) is 17.3 Å². The van der Waals surface area contributed by atoms with Crippen molar-refractivity contribution in [2.75, 3.05) is 25.1 Å². The average molecular weight is 236 g/mol. The molecule has 1 aromatic rings. The van der Waals surface area contributed by atoms with Crippen molar-refractivity contribution in [3.63, 3.8) is 0 Å².